The molecule has 0 saturated heterocycles. The van der Waals surface area contributed by atoms with Crippen LogP contribution in [0.3, 0.4) is 0 Å². The number of aryl methyl sites for hydroxylation is 4. The first-order valence-electron chi connectivity index (χ1n) is 10.4. The fourth-order valence-corrected chi connectivity index (χ4v) is 4.91. The van der Waals surface area contributed by atoms with Crippen LogP contribution in [0.15, 0.2) is 97.1 Å². The van der Waals surface area contributed by atoms with Gasteiger partial charge in [-0.2, -0.15) is 21.9 Å². The van der Waals surface area contributed by atoms with Crippen LogP contribution in [0.1, 0.15) is 22.3 Å². The van der Waals surface area contributed by atoms with Gasteiger partial charge < -0.3 is 0 Å². The summed E-state index contributed by atoms with van der Waals surface area (Å²) in [6, 6.07) is 36.2. The predicted octanol–water partition coefficient (Wildman–Crippen LogP) is 4.30. The molecule has 0 spiro atoms. The van der Waals surface area contributed by atoms with Gasteiger partial charge in [0.2, 0.25) is 0 Å². The fraction of sp³-hybridized carbons (Fsp3) is 0.143. The van der Waals surface area contributed by atoms with Crippen molar-refractivity contribution in [1.29, 1.82) is 0 Å². The molecule has 0 aliphatic heterocycles. The van der Waals surface area contributed by atoms with Gasteiger partial charge in [0.25, 0.3) is 0 Å². The lowest BCUT2D eigenvalue weighted by Crippen LogP contribution is -2.75. The molecule has 29 heavy (non-hydrogen) atoms. The minimum absolute atomic E-state index is 1.29. The number of hydrogen-bond acceptors (Lipinski definition) is 0. The average Bonchev–Trinajstić information content (AvgIpc) is 2.69. The summed E-state index contributed by atoms with van der Waals surface area (Å²) in [5.74, 6) is 0. The summed E-state index contributed by atoms with van der Waals surface area (Å²) in [4.78, 5) is 0. The second-order valence-electron chi connectivity index (χ2n) is 8.52. The molecule has 1 heteroatoms. The third kappa shape index (κ3) is 3.54. The largest absolute Gasteiger partial charge is 0.195 e. The van der Waals surface area contributed by atoms with Crippen molar-refractivity contribution in [1.82, 2.24) is 0 Å². The average molecular weight is 375 g/mol. The molecule has 0 aliphatic carbocycles. The molecular formula is C28H28B-. The van der Waals surface area contributed by atoms with Crippen LogP contribution < -0.4 is 21.9 Å². The van der Waals surface area contributed by atoms with E-state index in [4.69, 9.17) is 0 Å². The summed E-state index contributed by atoms with van der Waals surface area (Å²) in [5.41, 5.74) is 10.6. The quantitative estimate of drug-likeness (QED) is 0.467. The summed E-state index contributed by atoms with van der Waals surface area (Å²) in [6.07, 6.45) is -1.29. The summed E-state index contributed by atoms with van der Waals surface area (Å²) in [6.45, 7) is 8.75. The number of rotatable bonds is 4. The Morgan fingerprint density at radius 3 is 0.828 bits per heavy atom. The molecule has 0 heterocycles. The molecule has 0 saturated carbocycles. The second kappa shape index (κ2) is 7.76. The van der Waals surface area contributed by atoms with E-state index in [2.05, 4.69) is 125 Å². The van der Waals surface area contributed by atoms with Gasteiger partial charge in [-0.3, -0.25) is 0 Å². The molecule has 0 radical (unpaired) electrons. The molecule has 0 aliphatic rings. The van der Waals surface area contributed by atoms with Crippen LogP contribution in [0.4, 0.5) is 0 Å². The van der Waals surface area contributed by atoms with Crippen molar-refractivity contribution in [3.63, 3.8) is 0 Å². The van der Waals surface area contributed by atoms with Crippen LogP contribution in [0, 0.1) is 27.7 Å². The van der Waals surface area contributed by atoms with Gasteiger partial charge in [-0.05, 0) is 27.7 Å². The highest BCUT2D eigenvalue weighted by atomic mass is 14.1. The van der Waals surface area contributed by atoms with Crippen molar-refractivity contribution in [3.8, 4) is 0 Å². The number of benzene rings is 4. The highest BCUT2D eigenvalue weighted by molar-refractivity contribution is 7.19. The van der Waals surface area contributed by atoms with Gasteiger partial charge in [0, 0.05) is 0 Å². The Labute approximate surface area is 175 Å². The van der Waals surface area contributed by atoms with Crippen molar-refractivity contribution < 1.29 is 0 Å². The maximum absolute atomic E-state index is 2.37. The van der Waals surface area contributed by atoms with E-state index >= 15 is 0 Å². The van der Waals surface area contributed by atoms with E-state index in [-0.39, 0.29) is 0 Å². The van der Waals surface area contributed by atoms with Crippen molar-refractivity contribution >= 4 is 28.0 Å². The highest BCUT2D eigenvalue weighted by Crippen LogP contribution is 2.13. The van der Waals surface area contributed by atoms with Crippen LogP contribution in [-0.4, -0.2) is 6.15 Å². The minimum Gasteiger partial charge on any atom is -0.195 e. The molecule has 0 fully saturated rings. The fourth-order valence-electron chi connectivity index (χ4n) is 4.91. The van der Waals surface area contributed by atoms with Crippen molar-refractivity contribution in [2.45, 2.75) is 27.7 Å². The molecule has 4 rings (SSSR count). The van der Waals surface area contributed by atoms with E-state index in [9.17, 15) is 0 Å². The standard InChI is InChI=1S/C28H28B/c1-21-9-5-13-25(17-21)29(26-14-6-10-22(2)18-26,27-15-7-11-23(3)19-27)28-16-8-12-24(4)20-28/h5-20H,1-4H3/q-1. The van der Waals surface area contributed by atoms with E-state index in [1.54, 1.807) is 0 Å². The molecule has 4 aromatic rings. The predicted molar refractivity (Wildman–Crippen MR) is 129 cm³/mol. The first kappa shape index (κ1) is 19.3. The molecular weight excluding hydrogens is 347 g/mol. The molecule has 0 aromatic heterocycles. The highest BCUT2D eigenvalue weighted by Gasteiger charge is 2.32. The van der Waals surface area contributed by atoms with E-state index in [1.807, 2.05) is 0 Å². The Morgan fingerprint density at radius 2 is 0.621 bits per heavy atom. The molecule has 0 bridgehead atoms. The number of hydrogen-bond donors (Lipinski definition) is 0. The van der Waals surface area contributed by atoms with Crippen LogP contribution >= 0.6 is 0 Å². The van der Waals surface area contributed by atoms with Gasteiger partial charge in [-0.1, -0.05) is 119 Å². The van der Waals surface area contributed by atoms with Crippen LogP contribution in [0.25, 0.3) is 0 Å². The maximum atomic E-state index is 2.37. The zero-order valence-corrected chi connectivity index (χ0v) is 17.8. The van der Waals surface area contributed by atoms with Crippen LogP contribution in [0.2, 0.25) is 0 Å². The van der Waals surface area contributed by atoms with Crippen molar-refractivity contribution in [3.05, 3.63) is 119 Å². The van der Waals surface area contributed by atoms with E-state index in [1.165, 1.54) is 44.1 Å². The van der Waals surface area contributed by atoms with E-state index in [0.717, 1.165) is 0 Å². The van der Waals surface area contributed by atoms with Gasteiger partial charge in [-0.15, -0.1) is 0 Å². The minimum atomic E-state index is -1.29. The van der Waals surface area contributed by atoms with Gasteiger partial charge in [0.15, 0.2) is 0 Å². The van der Waals surface area contributed by atoms with Crippen molar-refractivity contribution in [2.75, 3.05) is 0 Å². The van der Waals surface area contributed by atoms with Crippen LogP contribution in [-0.2, 0) is 0 Å². The maximum Gasteiger partial charge on any atom is 0.108 e. The lowest BCUT2D eigenvalue weighted by Gasteiger charge is -2.45. The first-order valence-corrected chi connectivity index (χ1v) is 10.4. The summed E-state index contributed by atoms with van der Waals surface area (Å²) in [5, 5.41) is 0. The summed E-state index contributed by atoms with van der Waals surface area (Å²) < 4.78 is 0. The van der Waals surface area contributed by atoms with Crippen LogP contribution in [0.5, 0.6) is 0 Å². The monoisotopic (exact) mass is 375 g/mol. The smallest absolute Gasteiger partial charge is 0.108 e. The van der Waals surface area contributed by atoms with Gasteiger partial charge >= 0.3 is 0 Å². The topological polar surface area (TPSA) is 0 Å². The molecule has 4 aromatic carbocycles. The van der Waals surface area contributed by atoms with E-state index in [0.29, 0.717) is 0 Å². The van der Waals surface area contributed by atoms with Gasteiger partial charge in [0.1, 0.15) is 6.15 Å². The lowest BCUT2D eigenvalue weighted by molar-refractivity contribution is 1.46. The first-order chi connectivity index (χ1) is 14.0. The Balaban J connectivity index is 2.19. The molecule has 0 N–H and O–H groups in total. The second-order valence-corrected chi connectivity index (χ2v) is 8.52. The summed E-state index contributed by atoms with van der Waals surface area (Å²) >= 11 is 0. The summed E-state index contributed by atoms with van der Waals surface area (Å²) in [7, 11) is 0. The molecule has 0 unspecified atom stereocenters. The Kier molecular flexibility index (Phi) is 5.15. The molecule has 0 amide bonds. The zero-order chi connectivity index (χ0) is 20.4. The van der Waals surface area contributed by atoms with Gasteiger partial charge in [0.05, 0.1) is 0 Å². The SMILES string of the molecule is Cc1cccc([B-](c2cccc(C)c2)(c2cccc(C)c2)c2cccc(C)c2)c1. The normalized spacial score (nSPS) is 11.4. The van der Waals surface area contributed by atoms with E-state index < -0.39 is 6.15 Å². The third-order valence-electron chi connectivity index (χ3n) is 6.17. The zero-order valence-electron chi connectivity index (χ0n) is 17.8. The lowest BCUT2D eigenvalue weighted by atomic mass is 9.13. The Hall–Kier alpha value is -3.06. The third-order valence-corrected chi connectivity index (χ3v) is 6.17. The Morgan fingerprint density at radius 1 is 0.379 bits per heavy atom. The molecule has 0 nitrogen and oxygen atoms in total. The molecule has 144 valence electrons. The van der Waals surface area contributed by atoms with Gasteiger partial charge in [-0.25, -0.2) is 0 Å². The van der Waals surface area contributed by atoms with Crippen molar-refractivity contribution in [2.24, 2.45) is 0 Å². The molecule has 0 atom stereocenters. The Bertz CT molecular complexity index is 969.